The second-order valence-corrected chi connectivity index (χ2v) is 5.86. The van der Waals surface area contributed by atoms with Crippen molar-refractivity contribution in [1.29, 1.82) is 0 Å². The number of hydrazone groups is 2. The molecule has 0 saturated heterocycles. The summed E-state index contributed by atoms with van der Waals surface area (Å²) in [7, 11) is 0. The lowest BCUT2D eigenvalue weighted by molar-refractivity contribution is 0.0902. The van der Waals surface area contributed by atoms with Crippen molar-refractivity contribution in [2.45, 2.75) is 41.5 Å². The van der Waals surface area contributed by atoms with Gasteiger partial charge in [-0.3, -0.25) is 9.59 Å². The van der Waals surface area contributed by atoms with Gasteiger partial charge in [-0.05, 0) is 37.8 Å². The minimum atomic E-state index is -0.508. The van der Waals surface area contributed by atoms with E-state index in [1.165, 1.54) is 12.1 Å². The number of carbonyl (C=O) groups excluding carboxylic acids is 2. The van der Waals surface area contributed by atoms with Gasteiger partial charge in [0.05, 0.1) is 0 Å². The van der Waals surface area contributed by atoms with Gasteiger partial charge in [-0.2, -0.15) is 10.2 Å². The van der Waals surface area contributed by atoms with E-state index in [2.05, 4.69) is 21.1 Å². The highest BCUT2D eigenvalue weighted by molar-refractivity contribution is 5.96. The van der Waals surface area contributed by atoms with Crippen molar-refractivity contribution in [3.05, 3.63) is 23.7 Å². The summed E-state index contributed by atoms with van der Waals surface area (Å²) in [6.45, 7) is 11.5. The monoisotopic (exact) mass is 320 g/mol. The van der Waals surface area contributed by atoms with Crippen LogP contribution in [0.5, 0.6) is 0 Å². The Labute approximate surface area is 136 Å². The maximum atomic E-state index is 11.9. The van der Waals surface area contributed by atoms with Crippen LogP contribution in [0.2, 0.25) is 0 Å². The van der Waals surface area contributed by atoms with Crippen LogP contribution in [0.25, 0.3) is 0 Å². The molecule has 0 radical (unpaired) electrons. The highest BCUT2D eigenvalue weighted by Gasteiger charge is 2.15. The summed E-state index contributed by atoms with van der Waals surface area (Å²) in [4.78, 5) is 23.8. The molecule has 1 aromatic heterocycles. The average molecular weight is 320 g/mol. The molecule has 2 N–H and O–H groups in total. The smallest absolute Gasteiger partial charge is 0.307 e. The molecular formula is C16H24N4O3. The third-order valence-corrected chi connectivity index (χ3v) is 3.39. The van der Waals surface area contributed by atoms with Crippen molar-refractivity contribution in [2.75, 3.05) is 0 Å². The molecule has 7 heteroatoms. The van der Waals surface area contributed by atoms with Crippen LogP contribution < -0.4 is 10.9 Å². The molecule has 1 heterocycles. The molecular weight excluding hydrogens is 296 g/mol. The van der Waals surface area contributed by atoms with Gasteiger partial charge in [-0.25, -0.2) is 10.9 Å². The Morgan fingerprint density at radius 2 is 1.22 bits per heavy atom. The third kappa shape index (κ3) is 5.69. The van der Waals surface area contributed by atoms with E-state index in [0.29, 0.717) is 0 Å². The molecule has 0 atom stereocenters. The van der Waals surface area contributed by atoms with Crippen LogP contribution in [0.4, 0.5) is 0 Å². The predicted octanol–water partition coefficient (Wildman–Crippen LogP) is 2.80. The van der Waals surface area contributed by atoms with E-state index < -0.39 is 11.8 Å². The van der Waals surface area contributed by atoms with E-state index in [-0.39, 0.29) is 23.4 Å². The van der Waals surface area contributed by atoms with Gasteiger partial charge in [0.25, 0.3) is 0 Å². The van der Waals surface area contributed by atoms with Crippen LogP contribution in [0.15, 0.2) is 26.8 Å². The van der Waals surface area contributed by atoms with E-state index in [9.17, 15) is 9.59 Å². The number of furan rings is 1. The first-order valence-corrected chi connectivity index (χ1v) is 7.51. The zero-order valence-corrected chi connectivity index (χ0v) is 14.4. The van der Waals surface area contributed by atoms with E-state index in [1.54, 1.807) is 0 Å². The molecule has 0 aliphatic rings. The maximum absolute atomic E-state index is 11.9. The first-order chi connectivity index (χ1) is 10.7. The lowest BCUT2D eigenvalue weighted by atomic mass is 10.1. The largest absolute Gasteiger partial charge is 0.446 e. The minimum Gasteiger partial charge on any atom is -0.446 e. The highest BCUT2D eigenvalue weighted by atomic mass is 16.4. The standard InChI is InChI=1S/C16H24N4O3/c1-9(2)11(5)17-19-15(21)13-7-8-14(23-13)16(22)20-18-12(6)10(3)4/h7-10H,1-6H3,(H,19,21)(H,20,22). The second kappa shape index (κ2) is 8.26. The Balaban J connectivity index is 2.70. The summed E-state index contributed by atoms with van der Waals surface area (Å²) >= 11 is 0. The Kier molecular flexibility index (Phi) is 6.68. The molecule has 0 aromatic carbocycles. The van der Waals surface area contributed by atoms with E-state index in [4.69, 9.17) is 4.42 Å². The van der Waals surface area contributed by atoms with Crippen LogP contribution in [-0.4, -0.2) is 23.2 Å². The molecule has 0 spiro atoms. The first-order valence-electron chi connectivity index (χ1n) is 7.51. The summed E-state index contributed by atoms with van der Waals surface area (Å²) in [5.41, 5.74) is 6.37. The first kappa shape index (κ1) is 18.6. The molecule has 0 saturated carbocycles. The topological polar surface area (TPSA) is 96.1 Å². The molecule has 0 aliphatic heterocycles. The molecule has 0 unspecified atom stereocenters. The van der Waals surface area contributed by atoms with Crippen LogP contribution >= 0.6 is 0 Å². The Hall–Kier alpha value is -2.44. The lowest BCUT2D eigenvalue weighted by Gasteiger charge is -2.04. The summed E-state index contributed by atoms with van der Waals surface area (Å²) < 4.78 is 5.23. The highest BCUT2D eigenvalue weighted by Crippen LogP contribution is 2.08. The molecule has 7 nitrogen and oxygen atoms in total. The van der Waals surface area contributed by atoms with Gasteiger partial charge in [0.15, 0.2) is 11.5 Å². The summed E-state index contributed by atoms with van der Waals surface area (Å²) in [5.74, 6) is -0.526. The number of carbonyl (C=O) groups is 2. The Morgan fingerprint density at radius 3 is 1.52 bits per heavy atom. The third-order valence-electron chi connectivity index (χ3n) is 3.39. The molecule has 0 fully saturated rings. The van der Waals surface area contributed by atoms with Crippen molar-refractivity contribution < 1.29 is 14.0 Å². The number of rotatable bonds is 6. The van der Waals surface area contributed by atoms with Crippen LogP contribution in [-0.2, 0) is 0 Å². The number of amides is 2. The van der Waals surface area contributed by atoms with Gasteiger partial charge in [0.2, 0.25) is 0 Å². The van der Waals surface area contributed by atoms with E-state index in [0.717, 1.165) is 11.4 Å². The maximum Gasteiger partial charge on any atom is 0.307 e. The summed E-state index contributed by atoms with van der Waals surface area (Å²) in [5, 5.41) is 7.94. The molecule has 0 aliphatic carbocycles. The SMILES string of the molecule is CC(=NNC(=O)c1ccc(C(=O)NN=C(C)C(C)C)o1)C(C)C. The zero-order chi connectivity index (χ0) is 17.6. The fourth-order valence-corrected chi connectivity index (χ4v) is 1.23. The fourth-order valence-electron chi connectivity index (χ4n) is 1.23. The quantitative estimate of drug-likeness (QED) is 0.623. The fraction of sp³-hybridized carbons (Fsp3) is 0.500. The van der Waals surface area contributed by atoms with Gasteiger partial charge in [0.1, 0.15) is 0 Å². The molecule has 1 rings (SSSR count). The van der Waals surface area contributed by atoms with Gasteiger partial charge in [-0.15, -0.1) is 0 Å². The van der Waals surface area contributed by atoms with Gasteiger partial charge in [0, 0.05) is 11.4 Å². The van der Waals surface area contributed by atoms with E-state index in [1.807, 2.05) is 41.5 Å². The van der Waals surface area contributed by atoms with Crippen LogP contribution in [0.1, 0.15) is 62.7 Å². The minimum absolute atomic E-state index is 0.0139. The van der Waals surface area contributed by atoms with Gasteiger partial charge in [-0.1, -0.05) is 27.7 Å². The Bertz CT molecular complexity index is 575. The molecule has 126 valence electrons. The normalized spacial score (nSPS) is 12.7. The van der Waals surface area contributed by atoms with Crippen molar-refractivity contribution >= 4 is 23.2 Å². The zero-order valence-electron chi connectivity index (χ0n) is 14.4. The van der Waals surface area contributed by atoms with Crippen molar-refractivity contribution in [1.82, 2.24) is 10.9 Å². The van der Waals surface area contributed by atoms with E-state index >= 15 is 0 Å². The predicted molar refractivity (Wildman–Crippen MR) is 89.5 cm³/mol. The lowest BCUT2D eigenvalue weighted by Crippen LogP contribution is -2.21. The average Bonchev–Trinajstić information content (AvgIpc) is 2.99. The number of hydrogen-bond donors (Lipinski definition) is 2. The van der Waals surface area contributed by atoms with Gasteiger partial charge < -0.3 is 4.42 Å². The second-order valence-electron chi connectivity index (χ2n) is 5.86. The van der Waals surface area contributed by atoms with Crippen LogP contribution in [0, 0.1) is 11.8 Å². The molecule has 2 amide bonds. The molecule has 0 bridgehead atoms. The molecule has 23 heavy (non-hydrogen) atoms. The van der Waals surface area contributed by atoms with Crippen molar-refractivity contribution in [3.63, 3.8) is 0 Å². The Morgan fingerprint density at radius 1 is 0.870 bits per heavy atom. The van der Waals surface area contributed by atoms with Crippen molar-refractivity contribution in [3.8, 4) is 0 Å². The number of nitrogens with one attached hydrogen (secondary N) is 2. The number of hydrogen-bond acceptors (Lipinski definition) is 5. The van der Waals surface area contributed by atoms with Crippen molar-refractivity contribution in [2.24, 2.45) is 22.0 Å². The summed E-state index contributed by atoms with van der Waals surface area (Å²) in [6, 6.07) is 2.84. The van der Waals surface area contributed by atoms with Crippen LogP contribution in [0.3, 0.4) is 0 Å². The number of nitrogens with zero attached hydrogens (tertiary/aromatic N) is 2. The van der Waals surface area contributed by atoms with Gasteiger partial charge >= 0.3 is 11.8 Å². The summed E-state index contributed by atoms with van der Waals surface area (Å²) in [6.07, 6.45) is 0. The molecule has 1 aromatic rings.